The molecule has 2 atom stereocenters. The molecule has 1 saturated heterocycles. The van der Waals surface area contributed by atoms with Gasteiger partial charge in [-0.2, -0.15) is 0 Å². The molecule has 3 aromatic carbocycles. The maximum absolute atomic E-state index is 13.7. The number of carbonyl (C=O) groups excluding carboxylic acids is 2. The first-order valence-electron chi connectivity index (χ1n) is 9.82. The Morgan fingerprint density at radius 1 is 0.600 bits per heavy atom. The Balaban J connectivity index is 1.68. The minimum atomic E-state index is -1.78. The van der Waals surface area contributed by atoms with E-state index in [-0.39, 0.29) is 0 Å². The zero-order chi connectivity index (χ0) is 20.7. The molecule has 2 aliphatic rings. The average molecular weight is 415 g/mol. The van der Waals surface area contributed by atoms with Crippen molar-refractivity contribution in [3.63, 3.8) is 0 Å². The number of nitrogens with zero attached hydrogens (tertiary/aromatic N) is 2. The van der Waals surface area contributed by atoms with Gasteiger partial charge in [-0.15, -0.1) is 0 Å². The molecule has 2 unspecified atom stereocenters. The summed E-state index contributed by atoms with van der Waals surface area (Å²) < 4.78 is 0. The Morgan fingerprint density at radius 3 is 1.37 bits per heavy atom. The monoisotopic (exact) mass is 414 g/mol. The minimum Gasteiger partial charge on any atom is -0.270 e. The van der Waals surface area contributed by atoms with Crippen molar-refractivity contribution in [1.29, 1.82) is 0 Å². The molecule has 30 heavy (non-hydrogen) atoms. The number of halogens is 1. The van der Waals surface area contributed by atoms with E-state index < -0.39 is 28.8 Å². The van der Waals surface area contributed by atoms with Crippen LogP contribution in [0.5, 0.6) is 0 Å². The Bertz CT molecular complexity index is 1050. The van der Waals surface area contributed by atoms with Crippen molar-refractivity contribution in [1.82, 2.24) is 10.0 Å². The van der Waals surface area contributed by atoms with E-state index in [0.717, 1.165) is 11.1 Å². The fraction of sp³-hybridized carbons (Fsp3) is 0.120. The van der Waals surface area contributed by atoms with Gasteiger partial charge in [-0.1, -0.05) is 115 Å². The highest BCUT2D eigenvalue weighted by atomic mass is 35.5. The normalized spacial score (nSPS) is 25.5. The summed E-state index contributed by atoms with van der Waals surface area (Å²) in [6.45, 7) is 0. The van der Waals surface area contributed by atoms with Gasteiger partial charge in [0.1, 0.15) is 0 Å². The van der Waals surface area contributed by atoms with Crippen molar-refractivity contribution in [2.24, 2.45) is 0 Å². The summed E-state index contributed by atoms with van der Waals surface area (Å²) in [6, 6.07) is 27.4. The summed E-state index contributed by atoms with van der Waals surface area (Å²) >= 11 is 6.87. The zero-order valence-electron chi connectivity index (χ0n) is 16.1. The molecule has 2 aliphatic heterocycles. The van der Waals surface area contributed by atoms with Crippen LogP contribution in [0, 0.1) is 0 Å². The van der Waals surface area contributed by atoms with Gasteiger partial charge in [0.15, 0.2) is 0 Å². The first-order chi connectivity index (χ1) is 14.6. The fourth-order valence-corrected chi connectivity index (χ4v) is 4.52. The van der Waals surface area contributed by atoms with Gasteiger partial charge in [0.25, 0.3) is 11.8 Å². The standard InChI is InChI=1S/C25H19ClN2O2/c26-25(20-14-8-3-9-15-20)23(29)27-21(18-10-4-1-5-11-18)16-17-22(28(27)24(25)30)19-12-6-2-7-13-19/h1-17,21-22H. The lowest BCUT2D eigenvalue weighted by Crippen LogP contribution is -2.46. The van der Waals surface area contributed by atoms with Crippen LogP contribution in [0.1, 0.15) is 28.8 Å². The van der Waals surface area contributed by atoms with Crippen molar-refractivity contribution in [3.05, 3.63) is 120 Å². The second kappa shape index (κ2) is 7.15. The molecular formula is C25H19ClN2O2. The van der Waals surface area contributed by atoms with Crippen LogP contribution >= 0.6 is 11.6 Å². The Labute approximate surface area is 180 Å². The summed E-state index contributed by atoms with van der Waals surface area (Å²) in [5, 5.41) is 3.05. The first kappa shape index (κ1) is 18.6. The van der Waals surface area contributed by atoms with Gasteiger partial charge in [0, 0.05) is 0 Å². The van der Waals surface area contributed by atoms with E-state index in [0.29, 0.717) is 5.56 Å². The number of carbonyl (C=O) groups is 2. The number of alkyl halides is 1. The van der Waals surface area contributed by atoms with Crippen LogP contribution in [0.3, 0.4) is 0 Å². The van der Waals surface area contributed by atoms with Crippen molar-refractivity contribution in [2.45, 2.75) is 17.0 Å². The third kappa shape index (κ3) is 2.68. The highest BCUT2D eigenvalue weighted by Gasteiger charge is 2.62. The molecule has 0 radical (unpaired) electrons. The first-order valence-corrected chi connectivity index (χ1v) is 10.2. The number of rotatable bonds is 3. The summed E-state index contributed by atoms with van der Waals surface area (Å²) in [7, 11) is 0. The number of benzene rings is 3. The van der Waals surface area contributed by atoms with Gasteiger partial charge in [-0.25, -0.2) is 10.0 Å². The van der Waals surface area contributed by atoms with Gasteiger partial charge in [-0.05, 0) is 16.7 Å². The summed E-state index contributed by atoms with van der Waals surface area (Å²) in [6.07, 6.45) is 3.95. The summed E-state index contributed by atoms with van der Waals surface area (Å²) in [4.78, 5) is 25.7. The summed E-state index contributed by atoms with van der Waals surface area (Å²) in [5.74, 6) is -0.862. The van der Waals surface area contributed by atoms with Crippen molar-refractivity contribution < 1.29 is 9.59 Å². The Morgan fingerprint density at radius 2 is 0.967 bits per heavy atom. The molecule has 0 N–H and O–H groups in total. The van der Waals surface area contributed by atoms with E-state index in [1.54, 1.807) is 24.3 Å². The lowest BCUT2D eigenvalue weighted by molar-refractivity contribution is -0.155. The predicted octanol–water partition coefficient (Wildman–Crippen LogP) is 4.76. The minimum absolute atomic E-state index is 0.410. The van der Waals surface area contributed by atoms with Crippen LogP contribution in [0.2, 0.25) is 0 Å². The van der Waals surface area contributed by atoms with Crippen LogP contribution in [0.15, 0.2) is 103 Å². The third-order valence-electron chi connectivity index (χ3n) is 5.69. The quantitative estimate of drug-likeness (QED) is 0.352. The molecule has 3 aromatic rings. The molecule has 0 aromatic heterocycles. The van der Waals surface area contributed by atoms with Crippen LogP contribution in [-0.2, 0) is 14.5 Å². The van der Waals surface area contributed by atoms with Gasteiger partial charge in [0.2, 0.25) is 4.87 Å². The van der Waals surface area contributed by atoms with Crippen molar-refractivity contribution in [2.75, 3.05) is 0 Å². The van der Waals surface area contributed by atoms with E-state index in [1.165, 1.54) is 10.0 Å². The number of hydrogen-bond donors (Lipinski definition) is 0. The molecule has 4 nitrogen and oxygen atoms in total. The third-order valence-corrected chi connectivity index (χ3v) is 6.24. The maximum Gasteiger partial charge on any atom is 0.277 e. The molecule has 0 spiro atoms. The van der Waals surface area contributed by atoms with E-state index in [2.05, 4.69) is 0 Å². The Hall–Kier alpha value is -3.37. The van der Waals surface area contributed by atoms with E-state index in [9.17, 15) is 9.59 Å². The highest BCUT2D eigenvalue weighted by Crippen LogP contribution is 2.48. The molecule has 0 bridgehead atoms. The fourth-order valence-electron chi connectivity index (χ4n) is 4.22. The molecular weight excluding hydrogens is 396 g/mol. The zero-order valence-corrected chi connectivity index (χ0v) is 16.8. The van der Waals surface area contributed by atoms with Crippen LogP contribution in [0.25, 0.3) is 0 Å². The lowest BCUT2D eigenvalue weighted by atomic mass is 9.97. The van der Waals surface area contributed by atoms with Gasteiger partial charge in [0.05, 0.1) is 12.1 Å². The number of fused-ring (bicyclic) bond motifs is 1. The topological polar surface area (TPSA) is 40.6 Å². The van der Waals surface area contributed by atoms with Crippen LogP contribution in [0.4, 0.5) is 0 Å². The lowest BCUT2D eigenvalue weighted by Gasteiger charge is -2.41. The molecule has 2 heterocycles. The van der Waals surface area contributed by atoms with Crippen molar-refractivity contribution >= 4 is 23.4 Å². The highest BCUT2D eigenvalue weighted by molar-refractivity contribution is 6.47. The molecule has 5 heteroatoms. The van der Waals surface area contributed by atoms with E-state index >= 15 is 0 Å². The predicted molar refractivity (Wildman–Crippen MR) is 115 cm³/mol. The van der Waals surface area contributed by atoms with E-state index in [4.69, 9.17) is 11.6 Å². The van der Waals surface area contributed by atoms with Gasteiger partial charge >= 0.3 is 0 Å². The molecule has 2 amide bonds. The number of amides is 2. The smallest absolute Gasteiger partial charge is 0.270 e. The van der Waals surface area contributed by atoms with E-state index in [1.807, 2.05) is 78.9 Å². The molecule has 0 aliphatic carbocycles. The number of hydrazine groups is 1. The number of hydrogen-bond acceptors (Lipinski definition) is 2. The molecule has 5 rings (SSSR count). The molecule has 148 valence electrons. The SMILES string of the molecule is O=C1N2C(c3ccccc3)C=CC(c3ccccc3)N2C(=O)C1(Cl)c1ccccc1. The average Bonchev–Trinajstić information content (AvgIpc) is 3.03. The van der Waals surface area contributed by atoms with Crippen LogP contribution in [-0.4, -0.2) is 21.8 Å². The molecule has 0 saturated carbocycles. The second-order valence-electron chi connectivity index (χ2n) is 7.42. The molecule has 1 fully saturated rings. The maximum atomic E-state index is 13.7. The van der Waals surface area contributed by atoms with Crippen LogP contribution < -0.4 is 0 Å². The second-order valence-corrected chi connectivity index (χ2v) is 7.99. The largest absolute Gasteiger partial charge is 0.277 e. The Kier molecular flexibility index (Phi) is 4.44. The van der Waals surface area contributed by atoms with Gasteiger partial charge in [-0.3, -0.25) is 9.59 Å². The summed E-state index contributed by atoms with van der Waals surface area (Å²) in [5.41, 5.74) is 2.32. The van der Waals surface area contributed by atoms with Crippen molar-refractivity contribution in [3.8, 4) is 0 Å². The van der Waals surface area contributed by atoms with Gasteiger partial charge < -0.3 is 0 Å².